The summed E-state index contributed by atoms with van der Waals surface area (Å²) in [7, 11) is 1.54. The highest BCUT2D eigenvalue weighted by molar-refractivity contribution is 6.03. The molecule has 3 aromatic rings. The van der Waals surface area contributed by atoms with Gasteiger partial charge in [0.25, 0.3) is 0 Å². The van der Waals surface area contributed by atoms with Crippen molar-refractivity contribution in [1.82, 2.24) is 14.9 Å². The molecule has 9 heteroatoms. The van der Waals surface area contributed by atoms with Gasteiger partial charge in [-0.05, 0) is 25.5 Å². The standard InChI is InChI=1S/C26H29N5O4/c1-17(19-8-5-4-6-9-19)29-25-20-14-22(23(34-3)15-21(20)27-16-28-25)30-24(32)10-7-11-31-12-13-35-26(33)18(31)2/h4-10,14-18H,11-13H2,1-3H3,(H,30,32)(H,27,28,29)/t17-,18+/m1/s1. The van der Waals surface area contributed by atoms with Gasteiger partial charge in [0, 0.05) is 36.7 Å². The minimum Gasteiger partial charge on any atom is -0.494 e. The summed E-state index contributed by atoms with van der Waals surface area (Å²) in [5.74, 6) is 0.598. The SMILES string of the molecule is COc1cc2ncnc(N[C@H](C)c3ccccc3)c2cc1NC(=O)C=CCN1CCOC(=O)[C@@H]1C. The number of aromatic nitrogens is 2. The summed E-state index contributed by atoms with van der Waals surface area (Å²) < 4.78 is 10.5. The molecule has 0 bridgehead atoms. The first-order chi connectivity index (χ1) is 17.0. The lowest BCUT2D eigenvalue weighted by Gasteiger charge is -2.30. The maximum atomic E-state index is 12.6. The zero-order valence-corrected chi connectivity index (χ0v) is 20.0. The zero-order valence-electron chi connectivity index (χ0n) is 20.0. The van der Waals surface area contributed by atoms with Crippen molar-refractivity contribution in [1.29, 1.82) is 0 Å². The zero-order chi connectivity index (χ0) is 24.8. The van der Waals surface area contributed by atoms with E-state index in [1.54, 1.807) is 26.2 Å². The second-order valence-corrected chi connectivity index (χ2v) is 8.30. The molecule has 9 nitrogen and oxygen atoms in total. The van der Waals surface area contributed by atoms with Crippen molar-refractivity contribution >= 4 is 34.3 Å². The highest BCUT2D eigenvalue weighted by Gasteiger charge is 2.26. The predicted octanol–water partition coefficient (Wildman–Crippen LogP) is 3.55. The molecular weight excluding hydrogens is 446 g/mol. The number of hydrogen-bond donors (Lipinski definition) is 2. The van der Waals surface area contributed by atoms with E-state index in [0.29, 0.717) is 42.5 Å². The summed E-state index contributed by atoms with van der Waals surface area (Å²) in [6.45, 7) is 5.32. The van der Waals surface area contributed by atoms with Gasteiger partial charge in [-0.25, -0.2) is 9.97 Å². The van der Waals surface area contributed by atoms with Gasteiger partial charge in [0.2, 0.25) is 5.91 Å². The Bertz CT molecular complexity index is 1230. The number of benzene rings is 2. The lowest BCUT2D eigenvalue weighted by atomic mass is 10.1. The van der Waals surface area contributed by atoms with Gasteiger partial charge >= 0.3 is 5.97 Å². The molecule has 2 heterocycles. The largest absolute Gasteiger partial charge is 0.494 e. The van der Waals surface area contributed by atoms with Gasteiger partial charge in [0.05, 0.1) is 18.3 Å². The first kappa shape index (κ1) is 24.2. The van der Waals surface area contributed by atoms with Crippen molar-refractivity contribution in [2.24, 2.45) is 0 Å². The van der Waals surface area contributed by atoms with Crippen molar-refractivity contribution < 1.29 is 19.1 Å². The fraction of sp³-hybridized carbons (Fsp3) is 0.308. The summed E-state index contributed by atoms with van der Waals surface area (Å²) >= 11 is 0. The number of cyclic esters (lactones) is 1. The van der Waals surface area contributed by atoms with Crippen LogP contribution in [-0.4, -0.2) is 59.6 Å². The molecule has 182 valence electrons. The Hall–Kier alpha value is -3.98. The summed E-state index contributed by atoms with van der Waals surface area (Å²) in [6, 6.07) is 13.3. The van der Waals surface area contributed by atoms with E-state index in [-0.39, 0.29) is 24.0 Å². The number of esters is 1. The van der Waals surface area contributed by atoms with Crippen LogP contribution >= 0.6 is 0 Å². The number of hydrogen-bond acceptors (Lipinski definition) is 8. The van der Waals surface area contributed by atoms with Gasteiger partial charge in [-0.15, -0.1) is 0 Å². The van der Waals surface area contributed by atoms with Crippen LogP contribution in [-0.2, 0) is 14.3 Å². The van der Waals surface area contributed by atoms with Gasteiger partial charge in [-0.1, -0.05) is 36.4 Å². The van der Waals surface area contributed by atoms with Crippen LogP contribution in [0.15, 0.2) is 60.9 Å². The number of rotatable bonds is 8. The third-order valence-corrected chi connectivity index (χ3v) is 5.99. The third kappa shape index (κ3) is 5.75. The maximum Gasteiger partial charge on any atom is 0.323 e. The number of carbonyl (C=O) groups excluding carboxylic acids is 2. The normalized spacial score (nSPS) is 17.2. The Morgan fingerprint density at radius 2 is 2.09 bits per heavy atom. The van der Waals surface area contributed by atoms with Crippen molar-refractivity contribution in [2.45, 2.75) is 25.9 Å². The monoisotopic (exact) mass is 475 g/mol. The molecule has 0 saturated carbocycles. The molecule has 2 N–H and O–H groups in total. The number of ether oxygens (including phenoxy) is 2. The molecule has 0 unspecified atom stereocenters. The van der Waals surface area contributed by atoms with Crippen LogP contribution in [0, 0.1) is 0 Å². The van der Waals surface area contributed by atoms with Gasteiger partial charge in [-0.2, -0.15) is 0 Å². The van der Waals surface area contributed by atoms with E-state index < -0.39 is 0 Å². The molecule has 1 aliphatic heterocycles. The van der Waals surface area contributed by atoms with Crippen LogP contribution in [0.4, 0.5) is 11.5 Å². The quantitative estimate of drug-likeness (QED) is 0.376. The number of fused-ring (bicyclic) bond motifs is 1. The Balaban J connectivity index is 1.51. The number of methoxy groups -OCH3 is 1. The molecule has 2 atom stereocenters. The topological polar surface area (TPSA) is 106 Å². The van der Waals surface area contributed by atoms with Crippen LogP contribution in [0.1, 0.15) is 25.5 Å². The Labute approximate surface area is 204 Å². The van der Waals surface area contributed by atoms with Gasteiger partial charge in [0.15, 0.2) is 0 Å². The molecule has 0 spiro atoms. The van der Waals surface area contributed by atoms with Crippen LogP contribution in [0.5, 0.6) is 5.75 Å². The van der Waals surface area contributed by atoms with E-state index in [0.717, 1.165) is 10.9 Å². The molecule has 4 rings (SSSR count). The maximum absolute atomic E-state index is 12.6. The average molecular weight is 476 g/mol. The average Bonchev–Trinajstić information content (AvgIpc) is 2.87. The summed E-state index contributed by atoms with van der Waals surface area (Å²) in [4.78, 5) is 35.1. The van der Waals surface area contributed by atoms with Crippen LogP contribution in [0.2, 0.25) is 0 Å². The number of carbonyl (C=O) groups is 2. The molecule has 35 heavy (non-hydrogen) atoms. The van der Waals surface area contributed by atoms with E-state index in [9.17, 15) is 9.59 Å². The summed E-state index contributed by atoms with van der Waals surface area (Å²) in [5, 5.41) is 7.08. The number of morpholine rings is 1. The second kappa shape index (κ2) is 11.0. The molecule has 1 saturated heterocycles. The highest BCUT2D eigenvalue weighted by Crippen LogP contribution is 2.33. The van der Waals surface area contributed by atoms with Crippen LogP contribution in [0.3, 0.4) is 0 Å². The Kier molecular flexibility index (Phi) is 7.57. The Morgan fingerprint density at radius 3 is 2.86 bits per heavy atom. The predicted molar refractivity (Wildman–Crippen MR) is 134 cm³/mol. The number of nitrogens with zero attached hydrogens (tertiary/aromatic N) is 3. The van der Waals surface area contributed by atoms with E-state index in [1.807, 2.05) is 29.2 Å². The van der Waals surface area contributed by atoms with Crippen molar-refractivity contribution in [3.63, 3.8) is 0 Å². The first-order valence-electron chi connectivity index (χ1n) is 11.5. The van der Waals surface area contributed by atoms with Crippen LogP contribution < -0.4 is 15.4 Å². The second-order valence-electron chi connectivity index (χ2n) is 8.30. The summed E-state index contributed by atoms with van der Waals surface area (Å²) in [5.41, 5.74) is 2.33. The molecule has 1 fully saturated rings. The minimum absolute atomic E-state index is 0.0202. The number of anilines is 2. The van der Waals surface area contributed by atoms with Gasteiger partial charge < -0.3 is 20.1 Å². The van der Waals surface area contributed by atoms with Crippen molar-refractivity contribution in [3.8, 4) is 5.75 Å². The molecule has 0 radical (unpaired) electrons. The van der Waals surface area contributed by atoms with Crippen molar-refractivity contribution in [3.05, 3.63) is 66.5 Å². The molecule has 2 aromatic carbocycles. The molecule has 0 aliphatic carbocycles. The van der Waals surface area contributed by atoms with E-state index in [1.165, 1.54) is 12.4 Å². The molecule has 1 amide bonds. The lowest BCUT2D eigenvalue weighted by molar-refractivity contribution is -0.155. The molecule has 1 aliphatic rings. The van der Waals surface area contributed by atoms with Gasteiger partial charge in [-0.3, -0.25) is 14.5 Å². The minimum atomic E-state index is -0.332. The summed E-state index contributed by atoms with van der Waals surface area (Å²) in [6.07, 6.45) is 4.68. The molecule has 1 aromatic heterocycles. The van der Waals surface area contributed by atoms with E-state index in [2.05, 4.69) is 39.7 Å². The van der Waals surface area contributed by atoms with E-state index in [4.69, 9.17) is 9.47 Å². The van der Waals surface area contributed by atoms with Crippen molar-refractivity contribution in [2.75, 3.05) is 37.4 Å². The number of amides is 1. The van der Waals surface area contributed by atoms with Crippen LogP contribution in [0.25, 0.3) is 10.9 Å². The third-order valence-electron chi connectivity index (χ3n) is 5.99. The smallest absolute Gasteiger partial charge is 0.323 e. The first-order valence-corrected chi connectivity index (χ1v) is 11.5. The Morgan fingerprint density at radius 1 is 1.29 bits per heavy atom. The number of nitrogens with one attached hydrogen (secondary N) is 2. The van der Waals surface area contributed by atoms with Gasteiger partial charge in [0.1, 0.15) is 30.5 Å². The highest BCUT2D eigenvalue weighted by atomic mass is 16.5. The fourth-order valence-corrected chi connectivity index (χ4v) is 3.94. The lowest BCUT2D eigenvalue weighted by Crippen LogP contribution is -2.47. The van der Waals surface area contributed by atoms with E-state index >= 15 is 0 Å². The fourth-order valence-electron chi connectivity index (χ4n) is 3.94. The molecular formula is C26H29N5O4.